The summed E-state index contributed by atoms with van der Waals surface area (Å²) in [4.78, 5) is 11.3. The lowest BCUT2D eigenvalue weighted by molar-refractivity contribution is -0.120. The number of Topliss-reactive ketones (excluding diaryl/α,β-unsaturated/α-hetero) is 1. The van der Waals surface area contributed by atoms with E-state index < -0.39 is 0 Å². The van der Waals surface area contributed by atoms with Gasteiger partial charge in [-0.25, -0.2) is 0 Å². The van der Waals surface area contributed by atoms with Gasteiger partial charge in [-0.05, 0) is 37.5 Å². The number of rotatable bonds is 1. The fraction of sp³-hybridized carbons (Fsp3) is 0.750. The molecule has 0 amide bonds. The Morgan fingerprint density at radius 1 is 1.54 bits per heavy atom. The first-order valence-corrected chi connectivity index (χ1v) is 5.13. The lowest BCUT2D eigenvalue weighted by Crippen LogP contribution is -2.16. The highest BCUT2D eigenvalue weighted by molar-refractivity contribution is 5.81. The third-order valence-electron chi connectivity index (χ3n) is 4.11. The number of carbonyl (C=O) groups is 1. The Morgan fingerprint density at radius 2 is 2.15 bits per heavy atom. The second-order valence-electron chi connectivity index (χ2n) is 5.26. The van der Waals surface area contributed by atoms with Gasteiger partial charge in [-0.1, -0.05) is 25.5 Å². The second kappa shape index (κ2) is 2.46. The summed E-state index contributed by atoms with van der Waals surface area (Å²) in [7, 11) is 0. The van der Waals surface area contributed by atoms with Crippen molar-refractivity contribution in [1.82, 2.24) is 0 Å². The van der Waals surface area contributed by atoms with Crippen LogP contribution in [0.15, 0.2) is 11.6 Å². The van der Waals surface area contributed by atoms with Crippen molar-refractivity contribution in [3.63, 3.8) is 0 Å². The molecule has 2 rings (SSSR count). The van der Waals surface area contributed by atoms with E-state index in [1.807, 2.05) is 0 Å². The minimum absolute atomic E-state index is 0.225. The van der Waals surface area contributed by atoms with Crippen molar-refractivity contribution in [1.29, 1.82) is 0 Å². The van der Waals surface area contributed by atoms with E-state index in [4.69, 9.17) is 0 Å². The third kappa shape index (κ3) is 1.17. The SMILES string of the molecule is CC(=O)[C@H]1C[C@@H]2[C@H](C=C1C)C2(C)C. The van der Waals surface area contributed by atoms with Crippen LogP contribution in [0.1, 0.15) is 34.1 Å². The first-order chi connectivity index (χ1) is 5.94. The Labute approximate surface area is 80.2 Å². The third-order valence-corrected chi connectivity index (χ3v) is 4.11. The van der Waals surface area contributed by atoms with Crippen molar-refractivity contribution in [2.24, 2.45) is 23.2 Å². The molecule has 2 aliphatic rings. The minimum Gasteiger partial charge on any atom is -0.299 e. The van der Waals surface area contributed by atoms with Gasteiger partial charge in [0.05, 0.1) is 0 Å². The molecule has 3 atom stereocenters. The highest BCUT2D eigenvalue weighted by Gasteiger charge is 2.58. The zero-order valence-electron chi connectivity index (χ0n) is 8.92. The fourth-order valence-electron chi connectivity index (χ4n) is 2.89. The van der Waals surface area contributed by atoms with Crippen LogP contribution in [0.25, 0.3) is 0 Å². The molecule has 1 nitrogen and oxygen atoms in total. The standard InChI is InChI=1S/C12H18O/c1-7-5-10-11(12(10,3)4)6-9(7)8(2)13/h5,9-11H,6H2,1-4H3/t9-,10-,11+/m0/s1. The summed E-state index contributed by atoms with van der Waals surface area (Å²) in [6, 6.07) is 0. The van der Waals surface area contributed by atoms with Crippen LogP contribution in [-0.4, -0.2) is 5.78 Å². The summed E-state index contributed by atoms with van der Waals surface area (Å²) in [5.74, 6) is 2.09. The summed E-state index contributed by atoms with van der Waals surface area (Å²) < 4.78 is 0. The number of ketones is 1. The predicted octanol–water partition coefficient (Wildman–Crippen LogP) is 2.81. The summed E-state index contributed by atoms with van der Waals surface area (Å²) in [5.41, 5.74) is 1.77. The quantitative estimate of drug-likeness (QED) is 0.564. The molecule has 0 bridgehead atoms. The van der Waals surface area contributed by atoms with E-state index in [-0.39, 0.29) is 5.92 Å². The molecule has 0 unspecified atom stereocenters. The number of carbonyl (C=O) groups excluding carboxylic acids is 1. The Morgan fingerprint density at radius 3 is 2.69 bits per heavy atom. The summed E-state index contributed by atoms with van der Waals surface area (Å²) in [6.45, 7) is 8.46. The molecule has 0 radical (unpaired) electrons. The molecule has 0 heterocycles. The van der Waals surface area contributed by atoms with Gasteiger partial charge in [-0.2, -0.15) is 0 Å². The lowest BCUT2D eigenvalue weighted by Gasteiger charge is -2.18. The summed E-state index contributed by atoms with van der Waals surface area (Å²) in [5, 5.41) is 0. The van der Waals surface area contributed by atoms with Crippen LogP contribution in [0.2, 0.25) is 0 Å². The van der Waals surface area contributed by atoms with E-state index in [1.165, 1.54) is 5.57 Å². The largest absolute Gasteiger partial charge is 0.299 e. The van der Waals surface area contributed by atoms with Gasteiger partial charge in [-0.15, -0.1) is 0 Å². The molecule has 0 aromatic rings. The predicted molar refractivity (Wildman–Crippen MR) is 53.3 cm³/mol. The first kappa shape index (κ1) is 8.98. The van der Waals surface area contributed by atoms with Gasteiger partial charge in [0, 0.05) is 5.92 Å². The molecule has 0 aromatic heterocycles. The van der Waals surface area contributed by atoms with Gasteiger partial charge >= 0.3 is 0 Å². The average Bonchev–Trinajstić information content (AvgIpc) is 2.52. The van der Waals surface area contributed by atoms with Gasteiger partial charge in [0.1, 0.15) is 5.78 Å². The molecular formula is C12H18O. The average molecular weight is 178 g/mol. The maximum absolute atomic E-state index is 11.3. The van der Waals surface area contributed by atoms with Crippen molar-refractivity contribution in [3.05, 3.63) is 11.6 Å². The molecule has 0 N–H and O–H groups in total. The molecule has 1 saturated carbocycles. The first-order valence-electron chi connectivity index (χ1n) is 5.13. The van der Waals surface area contributed by atoms with Crippen LogP contribution in [0.5, 0.6) is 0 Å². The molecule has 0 aliphatic heterocycles. The maximum atomic E-state index is 11.3. The topological polar surface area (TPSA) is 17.1 Å². The van der Waals surface area contributed by atoms with Crippen LogP contribution in [0, 0.1) is 23.2 Å². The number of hydrogen-bond donors (Lipinski definition) is 0. The van der Waals surface area contributed by atoms with Crippen molar-refractivity contribution < 1.29 is 4.79 Å². The van der Waals surface area contributed by atoms with Crippen LogP contribution >= 0.6 is 0 Å². The number of allylic oxidation sites excluding steroid dienone is 2. The van der Waals surface area contributed by atoms with Gasteiger partial charge in [-0.3, -0.25) is 4.79 Å². The zero-order chi connectivity index (χ0) is 9.80. The van der Waals surface area contributed by atoms with E-state index >= 15 is 0 Å². The van der Waals surface area contributed by atoms with Gasteiger partial charge in [0.25, 0.3) is 0 Å². The highest BCUT2D eigenvalue weighted by Crippen LogP contribution is 2.64. The van der Waals surface area contributed by atoms with E-state index in [0.29, 0.717) is 11.2 Å². The van der Waals surface area contributed by atoms with Gasteiger partial charge in [0.15, 0.2) is 0 Å². The minimum atomic E-state index is 0.225. The van der Waals surface area contributed by atoms with Crippen LogP contribution in [-0.2, 0) is 4.79 Å². The van der Waals surface area contributed by atoms with E-state index in [2.05, 4.69) is 26.8 Å². The number of fused-ring (bicyclic) bond motifs is 1. The molecule has 1 heteroatoms. The molecule has 1 fully saturated rings. The molecule has 0 saturated heterocycles. The normalized spacial score (nSPS) is 40.6. The van der Waals surface area contributed by atoms with E-state index in [1.54, 1.807) is 6.92 Å². The van der Waals surface area contributed by atoms with Crippen molar-refractivity contribution >= 4 is 5.78 Å². The van der Waals surface area contributed by atoms with Gasteiger partial charge in [0.2, 0.25) is 0 Å². The van der Waals surface area contributed by atoms with Crippen molar-refractivity contribution in [3.8, 4) is 0 Å². The smallest absolute Gasteiger partial charge is 0.136 e. The molecule has 0 spiro atoms. The molecule has 2 aliphatic carbocycles. The Hall–Kier alpha value is -0.590. The Bertz CT molecular complexity index is 285. The Balaban J connectivity index is 2.21. The molecule has 13 heavy (non-hydrogen) atoms. The van der Waals surface area contributed by atoms with Crippen molar-refractivity contribution in [2.75, 3.05) is 0 Å². The summed E-state index contributed by atoms with van der Waals surface area (Å²) >= 11 is 0. The van der Waals surface area contributed by atoms with Crippen LogP contribution < -0.4 is 0 Å². The molecular weight excluding hydrogens is 160 g/mol. The molecule has 72 valence electrons. The van der Waals surface area contributed by atoms with Crippen LogP contribution in [0.4, 0.5) is 0 Å². The second-order valence-corrected chi connectivity index (χ2v) is 5.26. The Kier molecular flexibility index (Phi) is 1.70. The zero-order valence-corrected chi connectivity index (χ0v) is 8.92. The van der Waals surface area contributed by atoms with E-state index in [0.717, 1.165) is 18.3 Å². The monoisotopic (exact) mass is 178 g/mol. The highest BCUT2D eigenvalue weighted by atomic mass is 16.1. The number of hydrogen-bond acceptors (Lipinski definition) is 1. The van der Waals surface area contributed by atoms with E-state index in [9.17, 15) is 4.79 Å². The summed E-state index contributed by atoms with van der Waals surface area (Å²) in [6.07, 6.45) is 3.43. The lowest BCUT2D eigenvalue weighted by atomic mass is 9.86. The fourth-order valence-corrected chi connectivity index (χ4v) is 2.89. The van der Waals surface area contributed by atoms with Crippen LogP contribution in [0.3, 0.4) is 0 Å². The maximum Gasteiger partial charge on any atom is 0.136 e. The van der Waals surface area contributed by atoms with Crippen molar-refractivity contribution in [2.45, 2.75) is 34.1 Å². The molecule has 0 aromatic carbocycles. The van der Waals surface area contributed by atoms with Gasteiger partial charge < -0.3 is 0 Å².